The zero-order chi connectivity index (χ0) is 20.7. The maximum absolute atomic E-state index is 12.5. The van der Waals surface area contributed by atoms with Crippen LogP contribution in [0.3, 0.4) is 0 Å². The van der Waals surface area contributed by atoms with Crippen molar-refractivity contribution in [2.45, 2.75) is 31.6 Å². The second kappa shape index (κ2) is 9.95. The van der Waals surface area contributed by atoms with Gasteiger partial charge in [0.1, 0.15) is 0 Å². The van der Waals surface area contributed by atoms with Crippen LogP contribution in [0, 0.1) is 0 Å². The third-order valence-electron chi connectivity index (χ3n) is 4.23. The van der Waals surface area contributed by atoms with E-state index in [0.717, 1.165) is 4.47 Å². The molecule has 0 spiro atoms. The van der Waals surface area contributed by atoms with Crippen LogP contribution in [0.1, 0.15) is 37.0 Å². The number of nitrogens with zero attached hydrogens (tertiary/aromatic N) is 1. The highest BCUT2D eigenvalue weighted by Gasteiger charge is 2.21. The summed E-state index contributed by atoms with van der Waals surface area (Å²) in [6, 6.07) is 13.0. The number of hydrogen-bond donors (Lipinski definition) is 1. The summed E-state index contributed by atoms with van der Waals surface area (Å²) in [5.41, 5.74) is 1.04. The van der Waals surface area contributed by atoms with E-state index in [9.17, 15) is 18.0 Å². The molecule has 0 saturated heterocycles. The SMILES string of the molecule is CCN(CC)S(=O)(=O)c1ccc(NC(=O)CCC(=O)c2ccc(Br)cc2)cc1. The molecule has 0 bridgehead atoms. The average Bonchev–Trinajstić information content (AvgIpc) is 2.68. The second-order valence-electron chi connectivity index (χ2n) is 6.09. The van der Waals surface area contributed by atoms with Gasteiger partial charge in [-0.05, 0) is 36.4 Å². The van der Waals surface area contributed by atoms with E-state index in [2.05, 4.69) is 21.2 Å². The molecule has 1 amide bonds. The van der Waals surface area contributed by atoms with Crippen molar-refractivity contribution in [1.29, 1.82) is 0 Å². The predicted molar refractivity (Wildman–Crippen MR) is 113 cm³/mol. The fourth-order valence-electron chi connectivity index (χ4n) is 2.65. The number of amides is 1. The van der Waals surface area contributed by atoms with Crippen LogP contribution in [-0.2, 0) is 14.8 Å². The smallest absolute Gasteiger partial charge is 0.243 e. The lowest BCUT2D eigenvalue weighted by atomic mass is 10.1. The van der Waals surface area contributed by atoms with E-state index < -0.39 is 10.0 Å². The number of halogens is 1. The summed E-state index contributed by atoms with van der Waals surface area (Å²) in [6.07, 6.45) is 0.149. The molecule has 1 N–H and O–H groups in total. The molecule has 0 fully saturated rings. The number of anilines is 1. The summed E-state index contributed by atoms with van der Waals surface area (Å²) in [5.74, 6) is -0.409. The number of rotatable bonds is 9. The van der Waals surface area contributed by atoms with Gasteiger partial charge in [0, 0.05) is 41.7 Å². The molecule has 0 aliphatic rings. The van der Waals surface area contributed by atoms with Crippen LogP contribution in [0.2, 0.25) is 0 Å². The summed E-state index contributed by atoms with van der Waals surface area (Å²) in [5, 5.41) is 2.69. The Kier molecular flexibility index (Phi) is 7.91. The quantitative estimate of drug-likeness (QED) is 0.564. The highest BCUT2D eigenvalue weighted by atomic mass is 79.9. The zero-order valence-corrected chi connectivity index (χ0v) is 18.2. The van der Waals surface area contributed by atoms with Crippen molar-refractivity contribution in [2.24, 2.45) is 0 Å². The van der Waals surface area contributed by atoms with E-state index in [1.807, 2.05) is 0 Å². The molecular weight excluding hydrogens is 444 g/mol. The van der Waals surface area contributed by atoms with Crippen molar-refractivity contribution in [3.8, 4) is 0 Å². The monoisotopic (exact) mass is 466 g/mol. The minimum absolute atomic E-state index is 0.0500. The molecule has 2 rings (SSSR count). The molecule has 2 aromatic carbocycles. The van der Waals surface area contributed by atoms with E-state index in [-0.39, 0.29) is 29.4 Å². The van der Waals surface area contributed by atoms with Crippen LogP contribution < -0.4 is 5.32 Å². The largest absolute Gasteiger partial charge is 0.326 e. The van der Waals surface area contributed by atoms with Gasteiger partial charge in [-0.1, -0.05) is 41.9 Å². The molecule has 28 heavy (non-hydrogen) atoms. The van der Waals surface area contributed by atoms with Crippen molar-refractivity contribution in [3.05, 3.63) is 58.6 Å². The van der Waals surface area contributed by atoms with Crippen LogP contribution >= 0.6 is 15.9 Å². The van der Waals surface area contributed by atoms with Gasteiger partial charge in [-0.25, -0.2) is 8.42 Å². The summed E-state index contributed by atoms with van der Waals surface area (Å²) in [4.78, 5) is 24.4. The van der Waals surface area contributed by atoms with Gasteiger partial charge in [-0.2, -0.15) is 4.31 Å². The Balaban J connectivity index is 1.94. The molecule has 0 aliphatic carbocycles. The van der Waals surface area contributed by atoms with Gasteiger partial charge in [-0.3, -0.25) is 9.59 Å². The second-order valence-corrected chi connectivity index (χ2v) is 8.95. The van der Waals surface area contributed by atoms with Crippen molar-refractivity contribution in [1.82, 2.24) is 4.31 Å². The highest BCUT2D eigenvalue weighted by Crippen LogP contribution is 2.19. The zero-order valence-electron chi connectivity index (χ0n) is 15.8. The first-order valence-electron chi connectivity index (χ1n) is 8.96. The van der Waals surface area contributed by atoms with Crippen molar-refractivity contribution >= 4 is 43.3 Å². The number of nitrogens with one attached hydrogen (secondary N) is 1. The van der Waals surface area contributed by atoms with Crippen molar-refractivity contribution in [3.63, 3.8) is 0 Å². The molecule has 0 radical (unpaired) electrons. The maximum Gasteiger partial charge on any atom is 0.243 e. The molecule has 0 heterocycles. The first-order chi connectivity index (χ1) is 13.3. The third-order valence-corrected chi connectivity index (χ3v) is 6.82. The van der Waals surface area contributed by atoms with Crippen LogP contribution in [0.5, 0.6) is 0 Å². The summed E-state index contributed by atoms with van der Waals surface area (Å²) in [6.45, 7) is 4.35. The Labute approximate surface area is 174 Å². The van der Waals surface area contributed by atoms with E-state index in [4.69, 9.17) is 0 Å². The Morgan fingerprint density at radius 3 is 2.04 bits per heavy atom. The van der Waals surface area contributed by atoms with Crippen LogP contribution in [0.25, 0.3) is 0 Å². The topological polar surface area (TPSA) is 83.6 Å². The summed E-state index contributed by atoms with van der Waals surface area (Å²) >= 11 is 3.31. The molecule has 0 unspecified atom stereocenters. The van der Waals surface area contributed by atoms with Crippen molar-refractivity contribution in [2.75, 3.05) is 18.4 Å². The number of ketones is 1. The van der Waals surface area contributed by atoms with E-state index in [0.29, 0.717) is 24.3 Å². The van der Waals surface area contributed by atoms with Crippen molar-refractivity contribution < 1.29 is 18.0 Å². The number of benzene rings is 2. The Morgan fingerprint density at radius 2 is 1.50 bits per heavy atom. The average molecular weight is 467 g/mol. The third kappa shape index (κ3) is 5.73. The molecular formula is C20H23BrN2O4S. The first-order valence-corrected chi connectivity index (χ1v) is 11.2. The first kappa shape index (κ1) is 22.3. The molecule has 8 heteroatoms. The number of carbonyl (C=O) groups is 2. The van der Waals surface area contributed by atoms with E-state index in [1.165, 1.54) is 16.4 Å². The Morgan fingerprint density at radius 1 is 0.929 bits per heavy atom. The maximum atomic E-state index is 12.5. The van der Waals surface area contributed by atoms with Crippen LogP contribution in [0.15, 0.2) is 57.9 Å². The molecule has 0 aromatic heterocycles. The fraction of sp³-hybridized carbons (Fsp3) is 0.300. The number of carbonyl (C=O) groups excluding carboxylic acids is 2. The lowest BCUT2D eigenvalue weighted by molar-refractivity contribution is -0.116. The minimum Gasteiger partial charge on any atom is -0.326 e. The summed E-state index contributed by atoms with van der Waals surface area (Å²) < 4.78 is 27.2. The lowest BCUT2D eigenvalue weighted by Gasteiger charge is -2.18. The van der Waals surface area contributed by atoms with Gasteiger partial charge < -0.3 is 5.32 Å². The normalized spacial score (nSPS) is 11.4. The van der Waals surface area contributed by atoms with Gasteiger partial charge in [0.25, 0.3) is 0 Å². The molecule has 0 atom stereocenters. The molecule has 150 valence electrons. The fourth-order valence-corrected chi connectivity index (χ4v) is 4.38. The van der Waals surface area contributed by atoms with Gasteiger partial charge in [0.15, 0.2) is 5.78 Å². The number of sulfonamides is 1. The van der Waals surface area contributed by atoms with Gasteiger partial charge >= 0.3 is 0 Å². The van der Waals surface area contributed by atoms with Crippen LogP contribution in [-0.4, -0.2) is 37.5 Å². The predicted octanol–water partition coefficient (Wildman–Crippen LogP) is 4.08. The minimum atomic E-state index is -3.53. The summed E-state index contributed by atoms with van der Waals surface area (Å²) in [7, 11) is -3.53. The van der Waals surface area contributed by atoms with E-state index in [1.54, 1.807) is 50.2 Å². The lowest BCUT2D eigenvalue weighted by Crippen LogP contribution is -2.30. The van der Waals surface area contributed by atoms with Gasteiger partial charge in [0.2, 0.25) is 15.9 Å². The van der Waals surface area contributed by atoms with Crippen LogP contribution in [0.4, 0.5) is 5.69 Å². The Hall–Kier alpha value is -2.03. The highest BCUT2D eigenvalue weighted by molar-refractivity contribution is 9.10. The number of hydrogen-bond acceptors (Lipinski definition) is 4. The molecule has 0 saturated carbocycles. The number of Topliss-reactive ketones (excluding diaryl/α,β-unsaturated/α-hetero) is 1. The molecule has 6 nitrogen and oxygen atoms in total. The standard InChI is InChI=1S/C20H23BrN2O4S/c1-3-23(4-2)28(26,27)18-11-9-17(10-12-18)22-20(25)14-13-19(24)15-5-7-16(21)8-6-15/h5-12H,3-4,13-14H2,1-2H3,(H,22,25). The van der Waals surface area contributed by atoms with E-state index >= 15 is 0 Å². The molecule has 0 aliphatic heterocycles. The Bertz CT molecular complexity index is 922. The van der Waals surface area contributed by atoms with Gasteiger partial charge in [-0.15, -0.1) is 0 Å². The van der Waals surface area contributed by atoms with Gasteiger partial charge in [0.05, 0.1) is 4.90 Å². The molecule has 2 aromatic rings.